The van der Waals surface area contributed by atoms with E-state index in [4.69, 9.17) is 5.73 Å². The number of hydrogen-bond acceptors (Lipinski definition) is 2. The van der Waals surface area contributed by atoms with Crippen LogP contribution in [0.1, 0.15) is 40.5 Å². The average Bonchev–Trinajstić information content (AvgIpc) is 2.77. The molecule has 4 rings (SSSR count). The van der Waals surface area contributed by atoms with Crippen LogP contribution in [0.3, 0.4) is 0 Å². The number of aryl methyl sites for hydroxylation is 2. The number of fused-ring (bicyclic) bond motifs is 1. The Labute approximate surface area is 183 Å². The van der Waals surface area contributed by atoms with Gasteiger partial charge < -0.3 is 5.73 Å². The summed E-state index contributed by atoms with van der Waals surface area (Å²) in [5.41, 5.74) is 9.44. The quantitative estimate of drug-likeness (QED) is 0.491. The number of hydrogen-bond donors (Lipinski definition) is 1. The normalized spacial score (nSPS) is 10.4. The van der Waals surface area contributed by atoms with Crippen molar-refractivity contribution >= 4 is 16.7 Å². The molecule has 0 saturated heterocycles. The van der Waals surface area contributed by atoms with E-state index in [1.165, 1.54) is 18.4 Å². The summed E-state index contributed by atoms with van der Waals surface area (Å²) in [6.45, 7) is 5.83. The molecule has 0 aliphatic carbocycles. The molecule has 0 bridgehead atoms. The fourth-order valence-electron chi connectivity index (χ4n) is 3.87. The van der Waals surface area contributed by atoms with Crippen LogP contribution in [0.5, 0.6) is 0 Å². The number of nitrogens with two attached hydrogens (primary N) is 1. The van der Waals surface area contributed by atoms with Gasteiger partial charge in [0.05, 0.1) is 5.56 Å². The van der Waals surface area contributed by atoms with Gasteiger partial charge in [0.15, 0.2) is 0 Å². The third-order valence-corrected chi connectivity index (χ3v) is 5.30. The first-order valence-corrected chi connectivity index (χ1v) is 10.5. The second-order valence-corrected chi connectivity index (χ2v) is 7.53. The lowest BCUT2D eigenvalue weighted by atomic mass is 9.99. The summed E-state index contributed by atoms with van der Waals surface area (Å²) in [4.78, 5) is 24.9. The Hall–Kier alpha value is -3.66. The van der Waals surface area contributed by atoms with Gasteiger partial charge in [-0.05, 0) is 49.6 Å². The molecular weight excluding hydrogens is 384 g/mol. The monoisotopic (exact) mass is 412 g/mol. The van der Waals surface area contributed by atoms with Crippen LogP contribution in [-0.2, 0) is 6.42 Å². The van der Waals surface area contributed by atoms with Crippen LogP contribution in [0.15, 0.2) is 83.7 Å². The largest absolute Gasteiger partial charge is 0.366 e. The van der Waals surface area contributed by atoms with Gasteiger partial charge >= 0.3 is 0 Å². The third kappa shape index (κ3) is 4.75. The molecule has 158 valence electrons. The molecule has 0 atom stereocenters. The molecule has 31 heavy (non-hydrogen) atoms. The topological polar surface area (TPSA) is 65.1 Å². The SMILES string of the molecule is CCCc1ccccc1.Cc1cccc2c(=O)n(-c3ccccc3)c(C)c(C(N)=O)c12. The van der Waals surface area contributed by atoms with Crippen molar-refractivity contribution < 1.29 is 4.79 Å². The van der Waals surface area contributed by atoms with E-state index in [0.717, 1.165) is 11.3 Å². The van der Waals surface area contributed by atoms with Crippen LogP contribution >= 0.6 is 0 Å². The minimum absolute atomic E-state index is 0.146. The van der Waals surface area contributed by atoms with Gasteiger partial charge in [0.1, 0.15) is 0 Å². The Bertz CT molecular complexity index is 1240. The van der Waals surface area contributed by atoms with E-state index in [2.05, 4.69) is 37.3 Å². The zero-order valence-electron chi connectivity index (χ0n) is 18.3. The summed E-state index contributed by atoms with van der Waals surface area (Å²) in [6, 6.07) is 25.2. The van der Waals surface area contributed by atoms with Crippen LogP contribution in [0.25, 0.3) is 16.5 Å². The highest BCUT2D eigenvalue weighted by atomic mass is 16.1. The molecule has 0 aliphatic rings. The van der Waals surface area contributed by atoms with E-state index in [0.29, 0.717) is 22.0 Å². The van der Waals surface area contributed by atoms with Crippen molar-refractivity contribution in [3.63, 3.8) is 0 Å². The highest BCUT2D eigenvalue weighted by Crippen LogP contribution is 2.24. The maximum atomic E-state index is 12.9. The summed E-state index contributed by atoms with van der Waals surface area (Å²) in [7, 11) is 0. The number of pyridine rings is 1. The van der Waals surface area contributed by atoms with Gasteiger partial charge in [0, 0.05) is 22.2 Å². The molecular formula is C27H28N2O2. The molecule has 0 saturated carbocycles. The maximum Gasteiger partial charge on any atom is 0.263 e. The zero-order valence-corrected chi connectivity index (χ0v) is 18.3. The van der Waals surface area contributed by atoms with E-state index in [1.54, 1.807) is 17.6 Å². The first-order valence-electron chi connectivity index (χ1n) is 10.5. The number of benzene rings is 3. The van der Waals surface area contributed by atoms with E-state index < -0.39 is 5.91 Å². The molecule has 4 aromatic rings. The second kappa shape index (κ2) is 9.90. The van der Waals surface area contributed by atoms with Crippen molar-refractivity contribution in [2.75, 3.05) is 0 Å². The maximum absolute atomic E-state index is 12.9. The Morgan fingerprint density at radius 1 is 0.871 bits per heavy atom. The van der Waals surface area contributed by atoms with Crippen LogP contribution in [0.4, 0.5) is 0 Å². The minimum atomic E-state index is -0.526. The van der Waals surface area contributed by atoms with Crippen LogP contribution in [-0.4, -0.2) is 10.5 Å². The Balaban J connectivity index is 0.000000254. The molecule has 0 unspecified atom stereocenters. The number of carbonyl (C=O) groups is 1. The Morgan fingerprint density at radius 3 is 2.06 bits per heavy atom. The molecule has 2 N–H and O–H groups in total. The number of rotatable bonds is 4. The Kier molecular flexibility index (Phi) is 7.03. The van der Waals surface area contributed by atoms with Crippen molar-refractivity contribution in [3.05, 3.63) is 112 Å². The van der Waals surface area contributed by atoms with Crippen molar-refractivity contribution in [1.82, 2.24) is 4.57 Å². The summed E-state index contributed by atoms with van der Waals surface area (Å²) in [5.74, 6) is -0.526. The Morgan fingerprint density at radius 2 is 1.48 bits per heavy atom. The van der Waals surface area contributed by atoms with Gasteiger partial charge in [-0.2, -0.15) is 0 Å². The van der Waals surface area contributed by atoms with Gasteiger partial charge in [-0.3, -0.25) is 14.2 Å². The van der Waals surface area contributed by atoms with Gasteiger partial charge in [-0.1, -0.05) is 74.0 Å². The van der Waals surface area contributed by atoms with Crippen molar-refractivity contribution in [1.29, 1.82) is 0 Å². The van der Waals surface area contributed by atoms with Gasteiger partial charge in [0.2, 0.25) is 0 Å². The summed E-state index contributed by atoms with van der Waals surface area (Å²) >= 11 is 0. The lowest BCUT2D eigenvalue weighted by molar-refractivity contribution is 0.100. The van der Waals surface area contributed by atoms with Crippen LogP contribution < -0.4 is 11.3 Å². The van der Waals surface area contributed by atoms with E-state index >= 15 is 0 Å². The van der Waals surface area contributed by atoms with Gasteiger partial charge in [-0.15, -0.1) is 0 Å². The summed E-state index contributed by atoms with van der Waals surface area (Å²) in [5, 5.41) is 1.15. The molecule has 4 heteroatoms. The highest BCUT2D eigenvalue weighted by Gasteiger charge is 2.19. The summed E-state index contributed by atoms with van der Waals surface area (Å²) in [6.07, 6.45) is 2.45. The minimum Gasteiger partial charge on any atom is -0.366 e. The van der Waals surface area contributed by atoms with Crippen molar-refractivity contribution in [3.8, 4) is 5.69 Å². The lowest BCUT2D eigenvalue weighted by Gasteiger charge is -2.16. The number of aromatic nitrogens is 1. The smallest absolute Gasteiger partial charge is 0.263 e. The first-order chi connectivity index (χ1) is 15.0. The predicted octanol–water partition coefficient (Wildman–Crippen LogP) is 5.35. The third-order valence-electron chi connectivity index (χ3n) is 5.30. The fraction of sp³-hybridized carbons (Fsp3) is 0.185. The van der Waals surface area contributed by atoms with Crippen LogP contribution in [0.2, 0.25) is 0 Å². The molecule has 4 nitrogen and oxygen atoms in total. The number of amides is 1. The molecule has 0 radical (unpaired) electrons. The second-order valence-electron chi connectivity index (χ2n) is 7.53. The number of nitrogens with zero attached hydrogens (tertiary/aromatic N) is 1. The molecule has 0 aliphatic heterocycles. The molecule has 3 aromatic carbocycles. The predicted molar refractivity (Wildman–Crippen MR) is 128 cm³/mol. The number of primary amides is 1. The molecule has 1 amide bonds. The highest BCUT2D eigenvalue weighted by molar-refractivity contribution is 6.08. The first kappa shape index (κ1) is 22.0. The molecule has 0 fully saturated rings. The van der Waals surface area contributed by atoms with E-state index in [1.807, 2.05) is 49.4 Å². The van der Waals surface area contributed by atoms with Crippen molar-refractivity contribution in [2.24, 2.45) is 5.73 Å². The fourth-order valence-corrected chi connectivity index (χ4v) is 3.87. The average molecular weight is 413 g/mol. The van der Waals surface area contributed by atoms with E-state index in [-0.39, 0.29) is 5.56 Å². The standard InChI is InChI=1S/C18H16N2O2.C9H12/c1-11-7-6-10-14-15(11)16(17(19)21)12(2)20(18(14)22)13-8-4-3-5-9-13;1-2-6-9-7-4-3-5-8-9/h3-10H,1-2H3,(H2,19,21);3-5,7-8H,2,6H2,1H3. The van der Waals surface area contributed by atoms with Crippen molar-refractivity contribution in [2.45, 2.75) is 33.6 Å². The molecule has 1 aromatic heterocycles. The lowest BCUT2D eigenvalue weighted by Crippen LogP contribution is -2.26. The van der Waals surface area contributed by atoms with Gasteiger partial charge in [0.25, 0.3) is 11.5 Å². The molecule has 0 spiro atoms. The van der Waals surface area contributed by atoms with Crippen LogP contribution in [0, 0.1) is 13.8 Å². The number of para-hydroxylation sites is 1. The summed E-state index contributed by atoms with van der Waals surface area (Å²) < 4.78 is 1.54. The van der Waals surface area contributed by atoms with E-state index in [9.17, 15) is 9.59 Å². The zero-order chi connectivity index (χ0) is 22.4. The van der Waals surface area contributed by atoms with Gasteiger partial charge in [-0.25, -0.2) is 0 Å². The number of carbonyl (C=O) groups excluding carboxylic acids is 1. The molecule has 1 heterocycles.